The molecular formula is C22H19N3O4S. The van der Waals surface area contributed by atoms with E-state index in [1.54, 1.807) is 30.3 Å². The molecule has 0 bridgehead atoms. The second-order valence-electron chi connectivity index (χ2n) is 6.31. The molecule has 152 valence electrons. The Labute approximate surface area is 175 Å². The standard InChI is InChI=1S/C22H19N3O4S/c1-3-28-16-11-10-14(12-17(16)29-4-2)13-18-21(27)25-22(30-18)23-20(26)19(24-25)15-8-6-5-7-9-15/h5-13H,3-4H2,1-2H3. The van der Waals surface area contributed by atoms with Gasteiger partial charge in [0.15, 0.2) is 17.2 Å². The summed E-state index contributed by atoms with van der Waals surface area (Å²) in [5.74, 6) is 1.26. The van der Waals surface area contributed by atoms with Crippen LogP contribution in [0.4, 0.5) is 0 Å². The molecule has 0 amide bonds. The van der Waals surface area contributed by atoms with Gasteiger partial charge in [0, 0.05) is 5.56 Å². The molecule has 0 saturated carbocycles. The van der Waals surface area contributed by atoms with E-state index in [0.717, 1.165) is 16.9 Å². The topological polar surface area (TPSA) is 82.8 Å². The number of thiazole rings is 1. The summed E-state index contributed by atoms with van der Waals surface area (Å²) in [4.78, 5) is 29.6. The zero-order chi connectivity index (χ0) is 21.1. The normalized spacial score (nSPS) is 11.7. The van der Waals surface area contributed by atoms with Gasteiger partial charge in [0.05, 0.1) is 17.7 Å². The van der Waals surface area contributed by atoms with Gasteiger partial charge in [-0.1, -0.05) is 47.7 Å². The molecule has 4 rings (SSSR count). The largest absolute Gasteiger partial charge is 0.490 e. The molecule has 2 heterocycles. The van der Waals surface area contributed by atoms with Gasteiger partial charge < -0.3 is 9.47 Å². The van der Waals surface area contributed by atoms with Crippen LogP contribution >= 0.6 is 11.3 Å². The van der Waals surface area contributed by atoms with Crippen LogP contribution in [0.15, 0.2) is 58.1 Å². The lowest BCUT2D eigenvalue weighted by molar-refractivity contribution is 0.287. The van der Waals surface area contributed by atoms with Crippen molar-refractivity contribution in [2.45, 2.75) is 13.8 Å². The maximum atomic E-state index is 12.9. The summed E-state index contributed by atoms with van der Waals surface area (Å²) in [5, 5.41) is 4.27. The summed E-state index contributed by atoms with van der Waals surface area (Å²) in [5.41, 5.74) is 0.750. The number of aromatic nitrogens is 3. The fraction of sp³-hybridized carbons (Fsp3) is 0.182. The van der Waals surface area contributed by atoms with Crippen LogP contribution in [-0.2, 0) is 0 Å². The van der Waals surface area contributed by atoms with Gasteiger partial charge in [0.2, 0.25) is 4.96 Å². The zero-order valence-corrected chi connectivity index (χ0v) is 17.3. The van der Waals surface area contributed by atoms with E-state index in [4.69, 9.17) is 9.47 Å². The smallest absolute Gasteiger partial charge is 0.300 e. The molecule has 2 aromatic carbocycles. The lowest BCUT2D eigenvalue weighted by Crippen LogP contribution is -2.26. The third kappa shape index (κ3) is 3.81. The number of ether oxygens (including phenoxy) is 2. The number of nitrogens with zero attached hydrogens (tertiary/aromatic N) is 3. The van der Waals surface area contributed by atoms with Crippen LogP contribution in [0.1, 0.15) is 19.4 Å². The minimum atomic E-state index is -0.464. The van der Waals surface area contributed by atoms with Gasteiger partial charge in [-0.15, -0.1) is 0 Å². The van der Waals surface area contributed by atoms with E-state index in [-0.39, 0.29) is 16.2 Å². The molecule has 0 unspecified atom stereocenters. The van der Waals surface area contributed by atoms with Crippen molar-refractivity contribution in [3.63, 3.8) is 0 Å². The number of rotatable bonds is 6. The molecular weight excluding hydrogens is 402 g/mol. The summed E-state index contributed by atoms with van der Waals surface area (Å²) in [6.07, 6.45) is 1.73. The SMILES string of the molecule is CCOc1ccc(C=c2sc3nc(=O)c(-c4ccccc4)nn3c2=O)cc1OCC. The van der Waals surface area contributed by atoms with E-state index < -0.39 is 5.56 Å². The van der Waals surface area contributed by atoms with Gasteiger partial charge in [-0.3, -0.25) is 9.59 Å². The zero-order valence-electron chi connectivity index (χ0n) is 16.5. The van der Waals surface area contributed by atoms with Gasteiger partial charge in [0.1, 0.15) is 0 Å². The molecule has 0 radical (unpaired) electrons. The van der Waals surface area contributed by atoms with Crippen molar-refractivity contribution in [2.24, 2.45) is 0 Å². The number of hydrogen-bond donors (Lipinski definition) is 0. The Hall–Kier alpha value is -3.52. The average molecular weight is 421 g/mol. The van der Waals surface area contributed by atoms with Gasteiger partial charge in [0.25, 0.3) is 5.56 Å². The first kappa shape index (κ1) is 19.8. The third-order valence-electron chi connectivity index (χ3n) is 4.30. The Morgan fingerprint density at radius 3 is 2.47 bits per heavy atom. The molecule has 0 saturated heterocycles. The first-order valence-corrected chi connectivity index (χ1v) is 10.3. The van der Waals surface area contributed by atoms with E-state index in [9.17, 15) is 9.59 Å². The highest BCUT2D eigenvalue weighted by atomic mass is 32.1. The second kappa shape index (κ2) is 8.46. The van der Waals surface area contributed by atoms with Crippen molar-refractivity contribution >= 4 is 22.4 Å². The van der Waals surface area contributed by atoms with Crippen LogP contribution in [0.25, 0.3) is 22.3 Å². The fourth-order valence-corrected chi connectivity index (χ4v) is 3.90. The summed E-state index contributed by atoms with van der Waals surface area (Å²) >= 11 is 1.12. The first-order chi connectivity index (χ1) is 14.6. The minimum absolute atomic E-state index is 0.147. The van der Waals surface area contributed by atoms with Gasteiger partial charge in [-0.25, -0.2) is 0 Å². The van der Waals surface area contributed by atoms with Crippen molar-refractivity contribution in [1.29, 1.82) is 0 Å². The third-order valence-corrected chi connectivity index (χ3v) is 5.26. The predicted molar refractivity (Wildman–Crippen MR) is 116 cm³/mol. The number of fused-ring (bicyclic) bond motifs is 1. The van der Waals surface area contributed by atoms with E-state index >= 15 is 0 Å². The van der Waals surface area contributed by atoms with Gasteiger partial charge in [-0.05, 0) is 37.6 Å². The van der Waals surface area contributed by atoms with Crippen LogP contribution in [0.5, 0.6) is 11.5 Å². The molecule has 0 spiro atoms. The number of benzene rings is 2. The van der Waals surface area contributed by atoms with Crippen LogP contribution in [0.2, 0.25) is 0 Å². The van der Waals surface area contributed by atoms with Crippen molar-refractivity contribution in [3.8, 4) is 22.8 Å². The molecule has 0 atom stereocenters. The Morgan fingerprint density at radius 1 is 1.00 bits per heavy atom. The van der Waals surface area contributed by atoms with Crippen molar-refractivity contribution in [1.82, 2.24) is 14.6 Å². The molecule has 30 heavy (non-hydrogen) atoms. The fourth-order valence-electron chi connectivity index (χ4n) is 2.99. The van der Waals surface area contributed by atoms with E-state index in [1.165, 1.54) is 4.52 Å². The predicted octanol–water partition coefficient (Wildman–Crippen LogP) is 2.52. The van der Waals surface area contributed by atoms with Crippen LogP contribution < -0.4 is 25.1 Å². The summed E-state index contributed by atoms with van der Waals surface area (Å²) in [7, 11) is 0. The Kier molecular flexibility index (Phi) is 5.58. The number of hydrogen-bond acceptors (Lipinski definition) is 7. The van der Waals surface area contributed by atoms with E-state index in [2.05, 4.69) is 10.1 Å². The molecule has 0 N–H and O–H groups in total. The van der Waals surface area contributed by atoms with Crippen LogP contribution in [0.3, 0.4) is 0 Å². The quantitative estimate of drug-likeness (QED) is 0.476. The minimum Gasteiger partial charge on any atom is -0.490 e. The maximum absolute atomic E-state index is 12.9. The first-order valence-electron chi connectivity index (χ1n) is 9.51. The monoisotopic (exact) mass is 421 g/mol. The van der Waals surface area contributed by atoms with Crippen molar-refractivity contribution in [2.75, 3.05) is 13.2 Å². The van der Waals surface area contributed by atoms with E-state index in [0.29, 0.717) is 34.8 Å². The highest BCUT2D eigenvalue weighted by Crippen LogP contribution is 2.28. The molecule has 0 fully saturated rings. The van der Waals surface area contributed by atoms with Crippen LogP contribution in [-0.4, -0.2) is 27.8 Å². The van der Waals surface area contributed by atoms with Gasteiger partial charge >= 0.3 is 5.56 Å². The molecule has 4 aromatic rings. The Bertz CT molecular complexity index is 1360. The van der Waals surface area contributed by atoms with Gasteiger partial charge in [-0.2, -0.15) is 14.6 Å². The highest BCUT2D eigenvalue weighted by molar-refractivity contribution is 7.15. The van der Waals surface area contributed by atoms with E-state index in [1.807, 2.05) is 38.1 Å². The molecule has 0 aliphatic heterocycles. The molecule has 0 aliphatic carbocycles. The summed E-state index contributed by atoms with van der Waals surface area (Å²) < 4.78 is 12.8. The van der Waals surface area contributed by atoms with Crippen LogP contribution in [0, 0.1) is 0 Å². The average Bonchev–Trinajstić information content (AvgIpc) is 3.04. The Morgan fingerprint density at radius 2 is 1.73 bits per heavy atom. The molecule has 0 aliphatic rings. The lowest BCUT2D eigenvalue weighted by Gasteiger charge is -2.11. The van der Waals surface area contributed by atoms with Crippen molar-refractivity contribution in [3.05, 3.63) is 79.3 Å². The van der Waals surface area contributed by atoms with Crippen molar-refractivity contribution < 1.29 is 9.47 Å². The second-order valence-corrected chi connectivity index (χ2v) is 7.32. The highest BCUT2D eigenvalue weighted by Gasteiger charge is 2.13. The molecule has 7 nitrogen and oxygen atoms in total. The maximum Gasteiger partial charge on any atom is 0.300 e. The molecule has 8 heteroatoms. The summed E-state index contributed by atoms with van der Waals surface area (Å²) in [6, 6.07) is 14.4. The lowest BCUT2D eigenvalue weighted by atomic mass is 10.2. The molecule has 2 aromatic heterocycles. The summed E-state index contributed by atoms with van der Waals surface area (Å²) in [6.45, 7) is 4.82. The Balaban J connectivity index is 1.83.